The number of aliphatic hydroxyl groups is 1. The van der Waals surface area contributed by atoms with Crippen LogP contribution in [-0.2, 0) is 23.9 Å². The number of hydrogen-bond acceptors (Lipinski definition) is 6. The van der Waals surface area contributed by atoms with E-state index < -0.39 is 41.1 Å². The molecule has 214 valence electrons. The fourth-order valence-electron chi connectivity index (χ4n) is 7.01. The van der Waals surface area contributed by atoms with E-state index in [1.807, 2.05) is 40.7 Å². The number of rotatable bonds is 15. The summed E-state index contributed by atoms with van der Waals surface area (Å²) < 4.78 is 12.5. The molecule has 38 heavy (non-hydrogen) atoms. The summed E-state index contributed by atoms with van der Waals surface area (Å²) in [5.74, 6) is -2.32. The maximum absolute atomic E-state index is 14.3. The van der Waals surface area contributed by atoms with Gasteiger partial charge in [-0.25, -0.2) is 0 Å². The SMILES string of the molecule is C=CCCCCOC(=O)[C@@H]1[C@H]2C(=O)N([C@@H](CO)CC(C)C)C(C(=O)N(CC=C)C(C)C)C23CC[C@@]1(CC)O3. The first-order valence-electron chi connectivity index (χ1n) is 14.4. The largest absolute Gasteiger partial charge is 0.465 e. The van der Waals surface area contributed by atoms with Gasteiger partial charge in [-0.3, -0.25) is 14.4 Å². The van der Waals surface area contributed by atoms with Gasteiger partial charge in [0.15, 0.2) is 0 Å². The molecule has 3 heterocycles. The average molecular weight is 533 g/mol. The lowest BCUT2D eigenvalue weighted by molar-refractivity contribution is -0.164. The van der Waals surface area contributed by atoms with Gasteiger partial charge in [-0.05, 0) is 64.7 Å². The molecule has 0 saturated carbocycles. The first-order chi connectivity index (χ1) is 18.0. The molecule has 2 bridgehead atoms. The van der Waals surface area contributed by atoms with Crippen molar-refractivity contribution in [3.05, 3.63) is 25.3 Å². The number of likely N-dealkylation sites (tertiary alicyclic amines) is 1. The molecule has 2 unspecified atom stereocenters. The number of aliphatic hydroxyl groups excluding tert-OH is 1. The summed E-state index contributed by atoms with van der Waals surface area (Å²) in [6.45, 7) is 17.8. The normalized spacial score (nSPS) is 30.6. The van der Waals surface area contributed by atoms with Crippen LogP contribution >= 0.6 is 0 Å². The van der Waals surface area contributed by atoms with Crippen molar-refractivity contribution < 1.29 is 29.0 Å². The summed E-state index contributed by atoms with van der Waals surface area (Å²) in [4.78, 5) is 45.5. The molecule has 3 saturated heterocycles. The highest BCUT2D eigenvalue weighted by Gasteiger charge is 2.79. The first kappa shape index (κ1) is 30.4. The Morgan fingerprint density at radius 1 is 1.21 bits per heavy atom. The predicted molar refractivity (Wildman–Crippen MR) is 146 cm³/mol. The van der Waals surface area contributed by atoms with Crippen LogP contribution < -0.4 is 0 Å². The summed E-state index contributed by atoms with van der Waals surface area (Å²) in [6.07, 6.45) is 8.13. The predicted octanol–water partition coefficient (Wildman–Crippen LogP) is 3.87. The van der Waals surface area contributed by atoms with Crippen LogP contribution in [0.15, 0.2) is 25.3 Å². The van der Waals surface area contributed by atoms with E-state index in [4.69, 9.17) is 9.47 Å². The van der Waals surface area contributed by atoms with Gasteiger partial charge < -0.3 is 24.4 Å². The van der Waals surface area contributed by atoms with E-state index in [1.54, 1.807) is 15.9 Å². The smallest absolute Gasteiger partial charge is 0.312 e. The van der Waals surface area contributed by atoms with E-state index in [-0.39, 0.29) is 37.0 Å². The number of allylic oxidation sites excluding steroid dienone is 1. The van der Waals surface area contributed by atoms with Gasteiger partial charge in [0, 0.05) is 12.6 Å². The van der Waals surface area contributed by atoms with E-state index in [2.05, 4.69) is 13.2 Å². The molecule has 2 amide bonds. The summed E-state index contributed by atoms with van der Waals surface area (Å²) in [6, 6.07) is -1.59. The van der Waals surface area contributed by atoms with Gasteiger partial charge in [0.1, 0.15) is 17.6 Å². The highest BCUT2D eigenvalue weighted by atomic mass is 16.6. The minimum absolute atomic E-state index is 0.124. The minimum Gasteiger partial charge on any atom is -0.465 e. The van der Waals surface area contributed by atoms with Gasteiger partial charge in [-0.2, -0.15) is 0 Å². The molecule has 0 aromatic rings. The molecule has 3 fully saturated rings. The zero-order chi connectivity index (χ0) is 28.3. The third-order valence-electron chi connectivity index (χ3n) is 8.73. The molecule has 1 spiro atoms. The number of carbonyl (C=O) groups is 3. The van der Waals surface area contributed by atoms with Gasteiger partial charge in [0.25, 0.3) is 0 Å². The number of fused-ring (bicyclic) bond motifs is 1. The Labute approximate surface area is 228 Å². The van der Waals surface area contributed by atoms with Crippen molar-refractivity contribution in [2.75, 3.05) is 19.8 Å². The number of ether oxygens (including phenoxy) is 2. The molecule has 0 aromatic heterocycles. The van der Waals surface area contributed by atoms with Gasteiger partial charge in [-0.15, -0.1) is 13.2 Å². The number of hydrogen-bond donors (Lipinski definition) is 1. The molecule has 3 aliphatic rings. The standard InChI is InChI=1S/C30H48N2O6/c1-8-11-12-13-17-37-28(36)24-23-26(34)32(22(19-33)18-20(4)5)25(27(35)31(16-9-2)21(6)7)30(23)15-14-29(24,10-3)38-30/h8-9,20-25,33H,1-2,10-19H2,3-7H3/t22-,23+,24+,25?,29-,30?/m1/s1. The van der Waals surface area contributed by atoms with Crippen LogP contribution in [0.1, 0.15) is 79.6 Å². The lowest BCUT2D eigenvalue weighted by Crippen LogP contribution is -2.60. The summed E-state index contributed by atoms with van der Waals surface area (Å²) in [5, 5.41) is 10.4. The lowest BCUT2D eigenvalue weighted by Gasteiger charge is -2.41. The summed E-state index contributed by atoms with van der Waals surface area (Å²) in [5.41, 5.74) is -1.97. The zero-order valence-electron chi connectivity index (χ0n) is 24.0. The van der Waals surface area contributed by atoms with Crippen LogP contribution in [0.4, 0.5) is 0 Å². The Bertz CT molecular complexity index is 903. The number of unbranched alkanes of at least 4 members (excludes halogenated alkanes) is 2. The second-order valence-corrected chi connectivity index (χ2v) is 11.9. The van der Waals surface area contributed by atoms with Crippen molar-refractivity contribution in [3.8, 4) is 0 Å². The first-order valence-corrected chi connectivity index (χ1v) is 14.4. The van der Waals surface area contributed by atoms with E-state index in [0.29, 0.717) is 38.6 Å². The molecule has 0 aromatic carbocycles. The van der Waals surface area contributed by atoms with Crippen molar-refractivity contribution in [2.24, 2.45) is 17.8 Å². The maximum atomic E-state index is 14.3. The van der Waals surface area contributed by atoms with E-state index in [1.165, 1.54) is 0 Å². The molecule has 8 heteroatoms. The average Bonchev–Trinajstić information content (AvgIpc) is 3.48. The topological polar surface area (TPSA) is 96.4 Å². The Hall–Kier alpha value is -2.19. The molecule has 8 nitrogen and oxygen atoms in total. The van der Waals surface area contributed by atoms with Gasteiger partial charge in [0.05, 0.1) is 30.8 Å². The van der Waals surface area contributed by atoms with E-state index >= 15 is 0 Å². The molecular formula is C30H48N2O6. The van der Waals surface area contributed by atoms with Crippen molar-refractivity contribution in [1.82, 2.24) is 9.80 Å². The Morgan fingerprint density at radius 2 is 1.92 bits per heavy atom. The second-order valence-electron chi connectivity index (χ2n) is 11.9. The third kappa shape index (κ3) is 5.18. The van der Waals surface area contributed by atoms with Crippen molar-refractivity contribution >= 4 is 17.8 Å². The van der Waals surface area contributed by atoms with Crippen molar-refractivity contribution in [3.63, 3.8) is 0 Å². The molecule has 3 rings (SSSR count). The van der Waals surface area contributed by atoms with E-state index in [0.717, 1.165) is 12.8 Å². The van der Waals surface area contributed by atoms with Crippen LogP contribution in [0.3, 0.4) is 0 Å². The monoisotopic (exact) mass is 532 g/mol. The number of amides is 2. The molecular weight excluding hydrogens is 484 g/mol. The molecule has 3 aliphatic heterocycles. The van der Waals surface area contributed by atoms with Gasteiger partial charge in [-0.1, -0.05) is 32.9 Å². The Morgan fingerprint density at radius 3 is 2.47 bits per heavy atom. The van der Waals surface area contributed by atoms with Crippen LogP contribution in [0.2, 0.25) is 0 Å². The van der Waals surface area contributed by atoms with Crippen molar-refractivity contribution in [2.45, 2.75) is 109 Å². The zero-order valence-corrected chi connectivity index (χ0v) is 24.0. The molecule has 6 atom stereocenters. The number of esters is 1. The number of nitrogens with zero attached hydrogens (tertiary/aromatic N) is 2. The maximum Gasteiger partial charge on any atom is 0.312 e. The summed E-state index contributed by atoms with van der Waals surface area (Å²) >= 11 is 0. The molecule has 0 radical (unpaired) electrons. The minimum atomic E-state index is -1.13. The van der Waals surface area contributed by atoms with Crippen LogP contribution in [0, 0.1) is 17.8 Å². The lowest BCUT2D eigenvalue weighted by atomic mass is 9.65. The van der Waals surface area contributed by atoms with Gasteiger partial charge in [0.2, 0.25) is 11.8 Å². The third-order valence-corrected chi connectivity index (χ3v) is 8.73. The fourth-order valence-corrected chi connectivity index (χ4v) is 7.01. The second kappa shape index (κ2) is 12.3. The highest BCUT2D eigenvalue weighted by Crippen LogP contribution is 2.65. The quantitative estimate of drug-likeness (QED) is 0.195. The van der Waals surface area contributed by atoms with Crippen LogP contribution in [0.5, 0.6) is 0 Å². The fraction of sp³-hybridized carbons (Fsp3) is 0.767. The van der Waals surface area contributed by atoms with Gasteiger partial charge >= 0.3 is 5.97 Å². The van der Waals surface area contributed by atoms with E-state index in [9.17, 15) is 19.5 Å². The number of carbonyl (C=O) groups excluding carboxylic acids is 3. The highest BCUT2D eigenvalue weighted by molar-refractivity contribution is 5.98. The molecule has 0 aliphatic carbocycles. The Balaban J connectivity index is 2.06. The van der Waals surface area contributed by atoms with Crippen molar-refractivity contribution in [1.29, 1.82) is 0 Å². The Kier molecular flexibility index (Phi) is 9.85. The molecule has 1 N–H and O–H groups in total. The van der Waals surface area contributed by atoms with Crippen LogP contribution in [0.25, 0.3) is 0 Å². The summed E-state index contributed by atoms with van der Waals surface area (Å²) in [7, 11) is 0. The van der Waals surface area contributed by atoms with Crippen LogP contribution in [-0.4, -0.2) is 81.8 Å².